The van der Waals surface area contributed by atoms with Gasteiger partial charge in [-0.05, 0) is 27.7 Å². The van der Waals surface area contributed by atoms with Gasteiger partial charge in [-0.3, -0.25) is 4.79 Å². The highest BCUT2D eigenvalue weighted by Gasteiger charge is 2.68. The van der Waals surface area contributed by atoms with Gasteiger partial charge in [0.05, 0.1) is 13.0 Å². The Balaban J connectivity index is 1.92. The van der Waals surface area contributed by atoms with Crippen molar-refractivity contribution in [1.82, 2.24) is 0 Å². The first-order chi connectivity index (χ1) is 10.0. The van der Waals surface area contributed by atoms with E-state index in [0.717, 1.165) is 0 Å². The van der Waals surface area contributed by atoms with E-state index in [1.54, 1.807) is 27.7 Å². The average molecular weight is 318 g/mol. The van der Waals surface area contributed by atoms with E-state index in [4.69, 9.17) is 28.8 Å². The smallest absolute Gasteiger partial charge is 0.306 e. The van der Waals surface area contributed by atoms with Crippen LogP contribution in [0.15, 0.2) is 0 Å². The summed E-state index contributed by atoms with van der Waals surface area (Å²) >= 11 is 0. The summed E-state index contributed by atoms with van der Waals surface area (Å²) in [5.41, 5.74) is 0. The zero-order valence-corrected chi connectivity index (χ0v) is 13.1. The van der Waals surface area contributed by atoms with Crippen LogP contribution in [-0.4, -0.2) is 64.6 Å². The van der Waals surface area contributed by atoms with E-state index in [1.165, 1.54) is 0 Å². The molecule has 0 aromatic rings. The zero-order valence-electron chi connectivity index (χ0n) is 13.1. The molecule has 8 heteroatoms. The lowest BCUT2D eigenvalue weighted by atomic mass is 9.91. The number of aliphatic hydroxyl groups is 1. The van der Waals surface area contributed by atoms with Gasteiger partial charge in [-0.2, -0.15) is 0 Å². The molecular weight excluding hydrogens is 296 g/mol. The second kappa shape index (κ2) is 4.86. The van der Waals surface area contributed by atoms with Gasteiger partial charge in [-0.25, -0.2) is 0 Å². The van der Waals surface area contributed by atoms with Crippen molar-refractivity contribution in [3.63, 3.8) is 0 Å². The highest BCUT2D eigenvalue weighted by atomic mass is 16.9. The number of carboxylic acids is 1. The Labute approximate surface area is 128 Å². The summed E-state index contributed by atoms with van der Waals surface area (Å²) in [6.07, 6.45) is -3.54. The van der Waals surface area contributed by atoms with E-state index in [-0.39, 0.29) is 12.7 Å². The van der Waals surface area contributed by atoms with Crippen LogP contribution in [0.3, 0.4) is 0 Å². The molecule has 0 bridgehead atoms. The van der Waals surface area contributed by atoms with Gasteiger partial charge >= 0.3 is 5.97 Å². The number of hydrogen-bond acceptors (Lipinski definition) is 7. The van der Waals surface area contributed by atoms with E-state index in [0.29, 0.717) is 0 Å². The molecule has 22 heavy (non-hydrogen) atoms. The molecule has 126 valence electrons. The number of carboxylic acid groups (broad SMARTS) is 1. The largest absolute Gasteiger partial charge is 0.481 e. The molecule has 3 aliphatic heterocycles. The standard InChI is InChI=1S/C14H22O8/c1-12(2)19-7-6-18-14(8(15)5-9(16)17)11(10(7)20-12)21-13(3,4)22-14/h7-8,10-11,15H,5-6H2,1-4H3,(H,16,17)/t7-,8-,10-,11+,14+/m1/s1. The highest BCUT2D eigenvalue weighted by molar-refractivity contribution is 5.67. The van der Waals surface area contributed by atoms with Crippen LogP contribution in [0, 0.1) is 0 Å². The van der Waals surface area contributed by atoms with Crippen molar-refractivity contribution >= 4 is 5.97 Å². The Bertz CT molecular complexity index is 475. The maximum atomic E-state index is 11.0. The summed E-state index contributed by atoms with van der Waals surface area (Å²) in [6.45, 7) is 7.05. The predicted octanol–water partition coefficient (Wildman–Crippen LogP) is 0.220. The van der Waals surface area contributed by atoms with Gasteiger partial charge in [-0.15, -0.1) is 0 Å². The molecule has 3 fully saturated rings. The van der Waals surface area contributed by atoms with Crippen LogP contribution in [0.5, 0.6) is 0 Å². The fourth-order valence-electron chi connectivity index (χ4n) is 3.38. The lowest BCUT2D eigenvalue weighted by Crippen LogP contribution is -2.64. The molecule has 0 saturated carbocycles. The van der Waals surface area contributed by atoms with Crippen molar-refractivity contribution in [3.05, 3.63) is 0 Å². The van der Waals surface area contributed by atoms with Crippen LogP contribution in [0.2, 0.25) is 0 Å². The molecule has 8 nitrogen and oxygen atoms in total. The maximum Gasteiger partial charge on any atom is 0.306 e. The van der Waals surface area contributed by atoms with Gasteiger partial charge in [0.1, 0.15) is 24.4 Å². The first-order valence-electron chi connectivity index (χ1n) is 7.32. The summed E-state index contributed by atoms with van der Waals surface area (Å²) in [6, 6.07) is 0. The maximum absolute atomic E-state index is 11.0. The monoisotopic (exact) mass is 318 g/mol. The summed E-state index contributed by atoms with van der Waals surface area (Å²) in [4.78, 5) is 11.0. The summed E-state index contributed by atoms with van der Waals surface area (Å²) in [7, 11) is 0. The molecule has 2 N–H and O–H groups in total. The van der Waals surface area contributed by atoms with Gasteiger partial charge < -0.3 is 33.9 Å². The molecule has 0 aromatic heterocycles. The minimum atomic E-state index is -1.58. The molecular formula is C14H22O8. The van der Waals surface area contributed by atoms with Crippen molar-refractivity contribution in [3.8, 4) is 0 Å². The second-order valence-electron chi connectivity index (χ2n) is 6.83. The van der Waals surface area contributed by atoms with Crippen LogP contribution < -0.4 is 0 Å². The average Bonchev–Trinajstić information content (AvgIpc) is 2.80. The SMILES string of the molecule is CC1(C)O[C@@H]2[C@@H](CO[C@@]3([C@H](O)CC(=O)O)OC(C)(C)O[C@@H]23)O1. The van der Waals surface area contributed by atoms with Gasteiger partial charge in [0, 0.05) is 0 Å². The molecule has 3 rings (SSSR count). The van der Waals surface area contributed by atoms with Crippen molar-refractivity contribution < 1.29 is 38.7 Å². The van der Waals surface area contributed by atoms with E-state index >= 15 is 0 Å². The van der Waals surface area contributed by atoms with Crippen LogP contribution in [0.25, 0.3) is 0 Å². The summed E-state index contributed by atoms with van der Waals surface area (Å²) < 4.78 is 29.0. The van der Waals surface area contributed by atoms with Crippen LogP contribution in [-0.2, 0) is 28.5 Å². The van der Waals surface area contributed by atoms with Crippen LogP contribution in [0.4, 0.5) is 0 Å². The molecule has 0 aromatic carbocycles. The number of aliphatic carboxylic acids is 1. The van der Waals surface area contributed by atoms with Crippen molar-refractivity contribution in [2.45, 2.75) is 75.9 Å². The third kappa shape index (κ3) is 2.53. The molecule has 3 heterocycles. The number of aliphatic hydroxyl groups excluding tert-OH is 1. The van der Waals surface area contributed by atoms with E-state index in [2.05, 4.69) is 0 Å². The number of hydrogen-bond donors (Lipinski definition) is 2. The Morgan fingerprint density at radius 3 is 2.50 bits per heavy atom. The lowest BCUT2D eigenvalue weighted by molar-refractivity contribution is -0.318. The number of ether oxygens (including phenoxy) is 5. The van der Waals surface area contributed by atoms with Crippen molar-refractivity contribution in [1.29, 1.82) is 0 Å². The first-order valence-corrected chi connectivity index (χ1v) is 7.32. The second-order valence-corrected chi connectivity index (χ2v) is 6.83. The van der Waals surface area contributed by atoms with Gasteiger partial charge in [0.15, 0.2) is 11.6 Å². The summed E-state index contributed by atoms with van der Waals surface area (Å²) in [5, 5.41) is 19.3. The lowest BCUT2D eigenvalue weighted by Gasteiger charge is -2.42. The van der Waals surface area contributed by atoms with Gasteiger partial charge in [-0.1, -0.05) is 0 Å². The molecule has 3 aliphatic rings. The van der Waals surface area contributed by atoms with E-state index in [9.17, 15) is 9.90 Å². The number of fused-ring (bicyclic) bond motifs is 3. The van der Waals surface area contributed by atoms with Crippen LogP contribution >= 0.6 is 0 Å². The fourth-order valence-corrected chi connectivity index (χ4v) is 3.38. The molecule has 0 unspecified atom stereocenters. The minimum absolute atomic E-state index is 0.126. The van der Waals surface area contributed by atoms with Gasteiger partial charge in [0.2, 0.25) is 5.79 Å². The van der Waals surface area contributed by atoms with Crippen molar-refractivity contribution in [2.75, 3.05) is 6.61 Å². The third-order valence-electron chi connectivity index (χ3n) is 4.04. The van der Waals surface area contributed by atoms with Crippen molar-refractivity contribution in [2.24, 2.45) is 0 Å². The van der Waals surface area contributed by atoms with E-state index in [1.807, 2.05) is 0 Å². The van der Waals surface area contributed by atoms with Gasteiger partial charge in [0.25, 0.3) is 0 Å². The molecule has 3 saturated heterocycles. The molecule has 0 amide bonds. The zero-order chi connectivity index (χ0) is 16.3. The number of carbonyl (C=O) groups is 1. The summed E-state index contributed by atoms with van der Waals surface area (Å²) in [5.74, 6) is -4.56. The Morgan fingerprint density at radius 1 is 1.18 bits per heavy atom. The Hall–Kier alpha value is -0.770. The Morgan fingerprint density at radius 2 is 1.86 bits per heavy atom. The van der Waals surface area contributed by atoms with E-state index < -0.39 is 48.1 Å². The quantitative estimate of drug-likeness (QED) is 0.761. The minimum Gasteiger partial charge on any atom is -0.481 e. The normalized spacial score (nSPS) is 43.4. The fraction of sp³-hybridized carbons (Fsp3) is 0.929. The Kier molecular flexibility index (Phi) is 3.56. The molecule has 0 spiro atoms. The molecule has 5 atom stereocenters. The van der Waals surface area contributed by atoms with Crippen LogP contribution in [0.1, 0.15) is 34.1 Å². The first kappa shape index (κ1) is 16.1. The molecule has 0 aliphatic carbocycles. The number of rotatable bonds is 3. The third-order valence-corrected chi connectivity index (χ3v) is 4.04. The predicted molar refractivity (Wildman–Crippen MR) is 70.8 cm³/mol. The highest BCUT2D eigenvalue weighted by Crippen LogP contribution is 2.49. The topological polar surface area (TPSA) is 104 Å². The molecule has 0 radical (unpaired) electrons.